The molecule has 0 aliphatic carbocycles. The van der Waals surface area contributed by atoms with Crippen LogP contribution in [0.4, 0.5) is 13.2 Å². The maximum atomic E-state index is 13.0. The number of amides is 2. The minimum atomic E-state index is -5.02. The number of alkyl halides is 3. The van der Waals surface area contributed by atoms with E-state index in [1.54, 1.807) is 23.1 Å². The number of carbonyl (C=O) groups excluding carboxylic acids is 2. The Kier molecular flexibility index (Phi) is 10.2. The molecule has 5 unspecified atom stereocenters. The maximum absolute atomic E-state index is 13.0. The maximum Gasteiger partial charge on any atom is 0.471 e. The molecule has 1 aromatic heterocycles. The molecule has 3 aromatic carbocycles. The van der Waals surface area contributed by atoms with Gasteiger partial charge in [-0.15, -0.1) is 11.3 Å². The Hall–Kier alpha value is -3.49. The standard InChI is InChI=1S/C34H34F3N3O5S2/c1-20-27(19-46-33-39-25-5-2-3-7-28(25)47-33)44-31(45-29(20)23-12-10-22(18-41)11-13-23)24-14-8-21(9-15-24)17-38-30(42)26-6-4-16-40(26)32(43)34(35,36)37/h2-3,5,7-15,20,26-27,29,31,41H,4,6,16-19H2,1H3,(H,38,42). The number of thioether (sulfide) groups is 1. The van der Waals surface area contributed by atoms with Gasteiger partial charge in [0, 0.05) is 30.3 Å². The van der Waals surface area contributed by atoms with Crippen LogP contribution in [0.15, 0.2) is 77.1 Å². The van der Waals surface area contributed by atoms with E-state index in [9.17, 15) is 27.9 Å². The van der Waals surface area contributed by atoms with E-state index in [4.69, 9.17) is 14.5 Å². The first kappa shape index (κ1) is 33.4. The summed E-state index contributed by atoms with van der Waals surface area (Å²) in [6.07, 6.45) is -5.64. The largest absolute Gasteiger partial charge is 0.471 e. The number of aliphatic hydroxyl groups excluding tert-OH is 1. The van der Waals surface area contributed by atoms with Gasteiger partial charge in [-0.1, -0.05) is 79.3 Å². The Morgan fingerprint density at radius 1 is 1.02 bits per heavy atom. The van der Waals surface area contributed by atoms with Gasteiger partial charge in [-0.25, -0.2) is 4.98 Å². The van der Waals surface area contributed by atoms with Gasteiger partial charge in [0.05, 0.1) is 29.0 Å². The molecule has 2 amide bonds. The lowest BCUT2D eigenvalue weighted by Crippen LogP contribution is -2.50. The van der Waals surface area contributed by atoms with Crippen LogP contribution < -0.4 is 5.32 Å². The number of rotatable bonds is 9. The third kappa shape index (κ3) is 7.65. The molecule has 2 fully saturated rings. The highest BCUT2D eigenvalue weighted by Crippen LogP contribution is 2.43. The van der Waals surface area contributed by atoms with E-state index in [1.807, 2.05) is 66.7 Å². The van der Waals surface area contributed by atoms with E-state index in [0.29, 0.717) is 17.1 Å². The zero-order valence-electron chi connectivity index (χ0n) is 25.5. The molecule has 0 saturated carbocycles. The number of fused-ring (bicyclic) bond motifs is 1. The molecule has 0 spiro atoms. The first-order valence-corrected chi connectivity index (χ1v) is 17.1. The summed E-state index contributed by atoms with van der Waals surface area (Å²) in [7, 11) is 0. The summed E-state index contributed by atoms with van der Waals surface area (Å²) < 4.78 is 54.1. The molecule has 47 heavy (non-hydrogen) atoms. The van der Waals surface area contributed by atoms with Gasteiger partial charge in [-0.3, -0.25) is 9.59 Å². The molecule has 8 nitrogen and oxygen atoms in total. The summed E-state index contributed by atoms with van der Waals surface area (Å²) in [5.74, 6) is -1.94. The first-order chi connectivity index (χ1) is 22.6. The number of aliphatic hydroxyl groups is 1. The molecule has 3 heterocycles. The smallest absolute Gasteiger partial charge is 0.392 e. The molecular formula is C34H34F3N3O5S2. The molecule has 2 saturated heterocycles. The van der Waals surface area contributed by atoms with Crippen LogP contribution in [0.5, 0.6) is 0 Å². The lowest BCUT2D eigenvalue weighted by molar-refractivity contribution is -0.268. The zero-order chi connectivity index (χ0) is 33.1. The van der Waals surface area contributed by atoms with Crippen molar-refractivity contribution in [2.24, 2.45) is 5.92 Å². The predicted molar refractivity (Wildman–Crippen MR) is 172 cm³/mol. The highest BCUT2D eigenvalue weighted by atomic mass is 32.2. The Morgan fingerprint density at radius 2 is 1.72 bits per heavy atom. The van der Waals surface area contributed by atoms with Gasteiger partial charge in [0.25, 0.3) is 0 Å². The van der Waals surface area contributed by atoms with Crippen molar-refractivity contribution in [3.05, 3.63) is 95.1 Å². The first-order valence-electron chi connectivity index (χ1n) is 15.3. The number of likely N-dealkylation sites (tertiary alicyclic amines) is 1. The van der Waals surface area contributed by atoms with Crippen molar-refractivity contribution >= 4 is 45.1 Å². The average Bonchev–Trinajstić information content (AvgIpc) is 3.74. The Balaban J connectivity index is 1.14. The van der Waals surface area contributed by atoms with Gasteiger partial charge >= 0.3 is 12.1 Å². The number of thiazole rings is 1. The minimum absolute atomic E-state index is 0.00182. The van der Waals surface area contributed by atoms with Crippen molar-refractivity contribution in [1.29, 1.82) is 0 Å². The van der Waals surface area contributed by atoms with Gasteiger partial charge in [0.15, 0.2) is 10.6 Å². The number of halogens is 3. The van der Waals surface area contributed by atoms with Gasteiger partial charge in [0.2, 0.25) is 5.91 Å². The van der Waals surface area contributed by atoms with E-state index < -0.39 is 30.3 Å². The SMILES string of the molecule is CC1C(CSc2nc3ccccc3s2)OC(c2ccc(CNC(=O)C3CCCN3C(=O)C(F)(F)F)cc2)OC1c1ccc(CO)cc1. The van der Waals surface area contributed by atoms with E-state index in [1.165, 1.54) is 0 Å². The van der Waals surface area contributed by atoms with Gasteiger partial charge in [0.1, 0.15) is 6.04 Å². The van der Waals surface area contributed by atoms with Crippen molar-refractivity contribution in [1.82, 2.24) is 15.2 Å². The van der Waals surface area contributed by atoms with Crippen LogP contribution in [0.3, 0.4) is 0 Å². The van der Waals surface area contributed by atoms with Crippen molar-refractivity contribution in [3.63, 3.8) is 0 Å². The summed E-state index contributed by atoms with van der Waals surface area (Å²) in [6.45, 7) is 2.04. The second-order valence-electron chi connectivity index (χ2n) is 11.7. The summed E-state index contributed by atoms with van der Waals surface area (Å²) >= 11 is 3.30. The summed E-state index contributed by atoms with van der Waals surface area (Å²) in [6, 6.07) is 21.9. The molecule has 6 rings (SSSR count). The van der Waals surface area contributed by atoms with Crippen LogP contribution in [0.1, 0.15) is 54.4 Å². The lowest BCUT2D eigenvalue weighted by atomic mass is 9.91. The fraction of sp³-hybridized carbons (Fsp3) is 0.382. The highest BCUT2D eigenvalue weighted by molar-refractivity contribution is 8.01. The molecule has 0 bridgehead atoms. The molecule has 2 N–H and O–H groups in total. The van der Waals surface area contributed by atoms with Gasteiger partial charge < -0.3 is 24.8 Å². The molecule has 2 aliphatic rings. The van der Waals surface area contributed by atoms with Crippen molar-refractivity contribution < 1.29 is 37.3 Å². The second-order valence-corrected chi connectivity index (χ2v) is 14.0. The van der Waals surface area contributed by atoms with Crippen molar-refractivity contribution in [3.8, 4) is 0 Å². The number of carbonyl (C=O) groups is 2. The Morgan fingerprint density at radius 3 is 2.43 bits per heavy atom. The molecule has 0 radical (unpaired) electrons. The molecule has 13 heteroatoms. The van der Waals surface area contributed by atoms with Crippen LogP contribution in [-0.2, 0) is 32.2 Å². The highest BCUT2D eigenvalue weighted by Gasteiger charge is 2.47. The van der Waals surface area contributed by atoms with E-state index in [-0.39, 0.29) is 44.2 Å². The number of hydrogen-bond donors (Lipinski definition) is 2. The molecule has 5 atom stereocenters. The van der Waals surface area contributed by atoms with Crippen molar-refractivity contribution in [2.45, 2.75) is 68.0 Å². The van der Waals surface area contributed by atoms with Crippen LogP contribution in [0.2, 0.25) is 0 Å². The van der Waals surface area contributed by atoms with E-state index in [2.05, 4.69) is 18.3 Å². The predicted octanol–water partition coefficient (Wildman–Crippen LogP) is 6.54. The Labute approximate surface area is 278 Å². The third-order valence-electron chi connectivity index (χ3n) is 8.55. The summed E-state index contributed by atoms with van der Waals surface area (Å²) in [5.41, 5.74) is 4.26. The number of nitrogens with zero attached hydrogens (tertiary/aromatic N) is 2. The number of hydrogen-bond acceptors (Lipinski definition) is 8. The van der Waals surface area contributed by atoms with Crippen molar-refractivity contribution in [2.75, 3.05) is 12.3 Å². The molecule has 248 valence electrons. The van der Waals surface area contributed by atoms with Gasteiger partial charge in [-0.2, -0.15) is 13.2 Å². The monoisotopic (exact) mass is 685 g/mol. The molecule has 2 aliphatic heterocycles. The normalized spacial score (nSPS) is 23.3. The quantitative estimate of drug-likeness (QED) is 0.193. The summed E-state index contributed by atoms with van der Waals surface area (Å²) in [4.78, 5) is 29.9. The van der Waals surface area contributed by atoms with Crippen LogP contribution in [0, 0.1) is 5.92 Å². The lowest BCUT2D eigenvalue weighted by Gasteiger charge is -2.41. The van der Waals surface area contributed by atoms with Crippen LogP contribution in [0.25, 0.3) is 10.2 Å². The Bertz CT molecular complexity index is 1670. The average molecular weight is 686 g/mol. The van der Waals surface area contributed by atoms with Crippen LogP contribution in [-0.4, -0.2) is 57.4 Å². The van der Waals surface area contributed by atoms with Crippen LogP contribution >= 0.6 is 23.1 Å². The van der Waals surface area contributed by atoms with Gasteiger partial charge in [-0.05, 0) is 41.7 Å². The number of para-hydroxylation sites is 1. The number of benzene rings is 3. The number of nitrogens with one attached hydrogen (secondary N) is 1. The third-order valence-corrected chi connectivity index (χ3v) is 10.8. The van der Waals surface area contributed by atoms with E-state index >= 15 is 0 Å². The number of aromatic nitrogens is 1. The number of ether oxygens (including phenoxy) is 2. The fourth-order valence-corrected chi connectivity index (χ4v) is 8.18. The molecular weight excluding hydrogens is 652 g/mol. The topological polar surface area (TPSA) is 101 Å². The molecule has 4 aromatic rings. The zero-order valence-corrected chi connectivity index (χ0v) is 27.1. The van der Waals surface area contributed by atoms with E-state index in [0.717, 1.165) is 36.8 Å². The fourth-order valence-electron chi connectivity index (χ4n) is 5.92. The second kappa shape index (κ2) is 14.3. The minimum Gasteiger partial charge on any atom is -0.392 e. The summed E-state index contributed by atoms with van der Waals surface area (Å²) in [5, 5.41) is 12.2.